The molecule has 1 aromatic rings. The number of hydrogen-bond acceptors (Lipinski definition) is 3. The summed E-state index contributed by atoms with van der Waals surface area (Å²) < 4.78 is 4.89. The number of cyclic esters (lactones) is 1. The molecule has 4 heteroatoms. The lowest BCUT2D eigenvalue weighted by atomic mass is 10.1. The van der Waals surface area contributed by atoms with E-state index < -0.39 is 0 Å². The number of benzene rings is 1. The van der Waals surface area contributed by atoms with Crippen molar-refractivity contribution in [2.45, 2.75) is 6.61 Å². The summed E-state index contributed by atoms with van der Waals surface area (Å²) in [6.45, 7) is 0.376. The van der Waals surface area contributed by atoms with Crippen molar-refractivity contribution in [2.24, 2.45) is 0 Å². The van der Waals surface area contributed by atoms with Gasteiger partial charge in [0.2, 0.25) is 0 Å². The van der Waals surface area contributed by atoms with E-state index in [2.05, 4.69) is 32.4 Å². The number of fused-ring (bicyclic) bond motifs is 1. The van der Waals surface area contributed by atoms with Gasteiger partial charge >= 0.3 is 5.97 Å². The molecule has 0 radical (unpaired) electrons. The van der Waals surface area contributed by atoms with Gasteiger partial charge < -0.3 is 4.74 Å². The van der Waals surface area contributed by atoms with Gasteiger partial charge in [0.05, 0.1) is 5.56 Å². The molecule has 70 valence electrons. The first kappa shape index (κ1) is 9.87. The van der Waals surface area contributed by atoms with Gasteiger partial charge in [-0.1, -0.05) is 5.92 Å². The van der Waals surface area contributed by atoms with E-state index in [-0.39, 0.29) is 5.97 Å². The number of carbonyl (C=O) groups excluding carboxylic acids is 1. The van der Waals surface area contributed by atoms with Crippen molar-refractivity contribution in [1.29, 1.82) is 0 Å². The molecular formula is C10H5IO2S. The van der Waals surface area contributed by atoms with Gasteiger partial charge in [0.1, 0.15) is 6.61 Å². The van der Waals surface area contributed by atoms with Crippen molar-refractivity contribution in [1.82, 2.24) is 0 Å². The van der Waals surface area contributed by atoms with Crippen molar-refractivity contribution in [3.8, 4) is 11.2 Å². The molecule has 0 saturated carbocycles. The first-order valence-corrected chi connectivity index (χ1v) is 7.26. The minimum absolute atomic E-state index is 0.234. The van der Waals surface area contributed by atoms with E-state index in [9.17, 15) is 4.79 Å². The van der Waals surface area contributed by atoms with Crippen molar-refractivity contribution in [3.63, 3.8) is 0 Å². The third kappa shape index (κ3) is 1.88. The van der Waals surface area contributed by atoms with Gasteiger partial charge in [0, 0.05) is 32.3 Å². The average molecular weight is 316 g/mol. The molecule has 2 nitrogen and oxygen atoms in total. The van der Waals surface area contributed by atoms with Crippen LogP contribution in [0.2, 0.25) is 0 Å². The minimum atomic E-state index is -0.234. The predicted octanol–water partition coefficient (Wildman–Crippen LogP) is 2.75. The molecule has 0 aromatic heterocycles. The van der Waals surface area contributed by atoms with Crippen LogP contribution in [0.1, 0.15) is 21.5 Å². The van der Waals surface area contributed by atoms with Crippen LogP contribution in [0.5, 0.6) is 0 Å². The second-order valence-corrected chi connectivity index (χ2v) is 4.43. The van der Waals surface area contributed by atoms with Crippen LogP contribution in [0.15, 0.2) is 18.2 Å². The van der Waals surface area contributed by atoms with Crippen LogP contribution in [0.25, 0.3) is 0 Å². The third-order valence-corrected chi connectivity index (χ3v) is 2.76. The molecule has 0 fully saturated rings. The fraction of sp³-hybridized carbons (Fsp3) is 0.100. The molecule has 0 saturated heterocycles. The predicted molar refractivity (Wildman–Crippen MR) is 64.1 cm³/mol. The summed E-state index contributed by atoms with van der Waals surface area (Å²) in [6, 6.07) is 5.51. The second kappa shape index (κ2) is 4.24. The van der Waals surface area contributed by atoms with Crippen molar-refractivity contribution >= 4 is 36.1 Å². The van der Waals surface area contributed by atoms with E-state index in [0.29, 0.717) is 12.2 Å². The highest BCUT2D eigenvalue weighted by Gasteiger charge is 2.20. The molecular weight excluding hydrogens is 311 g/mol. The highest BCUT2D eigenvalue weighted by Crippen LogP contribution is 2.20. The van der Waals surface area contributed by atoms with Gasteiger partial charge in [0.25, 0.3) is 0 Å². The summed E-state index contributed by atoms with van der Waals surface area (Å²) in [6.07, 6.45) is 0. The topological polar surface area (TPSA) is 26.3 Å². The second-order valence-electron chi connectivity index (χ2n) is 2.75. The standard InChI is InChI=1S/C10H5IO2S/c11-14-4-3-7-1-2-9-8(5-7)6-13-10(9)12/h1-2,5H,6H2. The number of hydrogen-bond donors (Lipinski definition) is 0. The van der Waals surface area contributed by atoms with Gasteiger partial charge in [-0.05, 0) is 32.4 Å². The Morgan fingerprint density at radius 2 is 2.36 bits per heavy atom. The Morgan fingerprint density at radius 3 is 3.14 bits per heavy atom. The number of esters is 1. The quantitative estimate of drug-likeness (QED) is 0.418. The summed E-state index contributed by atoms with van der Waals surface area (Å²) in [7, 11) is 1.44. The Hall–Kier alpha value is -0.670. The molecule has 0 amide bonds. The van der Waals surface area contributed by atoms with E-state index in [1.54, 1.807) is 6.07 Å². The van der Waals surface area contributed by atoms with Crippen LogP contribution in [-0.4, -0.2) is 5.97 Å². The zero-order valence-corrected chi connectivity index (χ0v) is 10.0. The van der Waals surface area contributed by atoms with Crippen LogP contribution in [0, 0.1) is 11.2 Å². The lowest BCUT2D eigenvalue weighted by Crippen LogP contribution is -1.92. The number of rotatable bonds is 0. The van der Waals surface area contributed by atoms with Crippen LogP contribution in [0.3, 0.4) is 0 Å². The molecule has 1 aliphatic heterocycles. The Kier molecular flexibility index (Phi) is 2.99. The molecule has 0 N–H and O–H groups in total. The van der Waals surface area contributed by atoms with E-state index in [1.807, 2.05) is 12.1 Å². The van der Waals surface area contributed by atoms with Gasteiger partial charge in [-0.2, -0.15) is 0 Å². The zero-order chi connectivity index (χ0) is 9.97. The number of carbonyl (C=O) groups is 1. The smallest absolute Gasteiger partial charge is 0.338 e. The number of ether oxygens (including phenoxy) is 1. The SMILES string of the molecule is O=C1OCc2cc(C#CSI)ccc21. The maximum absolute atomic E-state index is 11.1. The van der Waals surface area contributed by atoms with Crippen molar-refractivity contribution in [3.05, 3.63) is 34.9 Å². The zero-order valence-electron chi connectivity index (χ0n) is 7.04. The van der Waals surface area contributed by atoms with E-state index >= 15 is 0 Å². The van der Waals surface area contributed by atoms with Gasteiger partial charge in [0.15, 0.2) is 0 Å². The molecule has 0 bridgehead atoms. The lowest BCUT2D eigenvalue weighted by Gasteiger charge is -1.93. The highest BCUT2D eigenvalue weighted by molar-refractivity contribution is 14.2. The molecule has 0 atom stereocenters. The molecule has 0 aliphatic carbocycles. The summed E-state index contributed by atoms with van der Waals surface area (Å²) in [5.74, 6) is 2.74. The Labute approximate surface area is 98.0 Å². The molecule has 2 rings (SSSR count). The van der Waals surface area contributed by atoms with Crippen LogP contribution >= 0.6 is 30.1 Å². The fourth-order valence-electron chi connectivity index (χ4n) is 1.29. The Balaban J connectivity index is 2.37. The molecule has 14 heavy (non-hydrogen) atoms. The largest absolute Gasteiger partial charge is 0.457 e. The molecule has 1 aliphatic rings. The first-order chi connectivity index (χ1) is 6.81. The summed E-state index contributed by atoms with van der Waals surface area (Å²) in [5, 5.41) is 2.89. The summed E-state index contributed by atoms with van der Waals surface area (Å²) in [5.41, 5.74) is 2.52. The number of halogens is 1. The maximum Gasteiger partial charge on any atom is 0.338 e. The molecule has 0 unspecified atom stereocenters. The van der Waals surface area contributed by atoms with E-state index in [1.165, 1.54) is 8.93 Å². The van der Waals surface area contributed by atoms with Gasteiger partial charge in [-0.15, -0.1) is 0 Å². The summed E-state index contributed by atoms with van der Waals surface area (Å²) >= 11 is 2.12. The Morgan fingerprint density at radius 1 is 1.50 bits per heavy atom. The molecule has 1 heterocycles. The minimum Gasteiger partial charge on any atom is -0.457 e. The van der Waals surface area contributed by atoms with Crippen molar-refractivity contribution < 1.29 is 9.53 Å². The van der Waals surface area contributed by atoms with Gasteiger partial charge in [-0.3, -0.25) is 0 Å². The summed E-state index contributed by atoms with van der Waals surface area (Å²) in [4.78, 5) is 11.1. The van der Waals surface area contributed by atoms with E-state index in [4.69, 9.17) is 4.74 Å². The van der Waals surface area contributed by atoms with E-state index in [0.717, 1.165) is 11.1 Å². The average Bonchev–Trinajstić information content (AvgIpc) is 2.57. The van der Waals surface area contributed by atoms with Crippen LogP contribution in [0.4, 0.5) is 0 Å². The molecule has 1 aromatic carbocycles. The third-order valence-electron chi connectivity index (χ3n) is 1.92. The Bertz CT molecular complexity index is 445. The monoisotopic (exact) mass is 316 g/mol. The van der Waals surface area contributed by atoms with Gasteiger partial charge in [-0.25, -0.2) is 4.79 Å². The first-order valence-electron chi connectivity index (χ1n) is 3.90. The highest BCUT2D eigenvalue weighted by atomic mass is 127. The maximum atomic E-state index is 11.1. The van der Waals surface area contributed by atoms with Crippen LogP contribution in [-0.2, 0) is 11.3 Å². The lowest BCUT2D eigenvalue weighted by molar-refractivity contribution is 0.0535. The fourth-order valence-corrected chi connectivity index (χ4v) is 1.78. The van der Waals surface area contributed by atoms with Crippen molar-refractivity contribution in [2.75, 3.05) is 0 Å². The molecule has 0 spiro atoms. The normalized spacial score (nSPS) is 12.8. The van der Waals surface area contributed by atoms with Crippen LogP contribution < -0.4 is 0 Å².